The van der Waals surface area contributed by atoms with Crippen molar-refractivity contribution < 1.29 is 18.0 Å². The number of anilines is 2. The molecule has 5 nitrogen and oxygen atoms in total. The lowest BCUT2D eigenvalue weighted by Gasteiger charge is -2.34. The lowest BCUT2D eigenvalue weighted by molar-refractivity contribution is -0.137. The van der Waals surface area contributed by atoms with Crippen LogP contribution in [-0.2, 0) is 16.4 Å². The van der Waals surface area contributed by atoms with Crippen LogP contribution in [0.1, 0.15) is 36.1 Å². The first-order chi connectivity index (χ1) is 17.8. The predicted octanol–water partition coefficient (Wildman–Crippen LogP) is 6.08. The van der Waals surface area contributed by atoms with Crippen molar-refractivity contribution in [3.63, 3.8) is 0 Å². The molecular formula is C30H35F3N4O. The number of rotatable bonds is 5. The minimum absolute atomic E-state index is 0.319. The number of hydrogen-bond donors (Lipinski definition) is 0. The van der Waals surface area contributed by atoms with Gasteiger partial charge in [-0.2, -0.15) is 13.2 Å². The third-order valence-corrected chi connectivity index (χ3v) is 7.46. The summed E-state index contributed by atoms with van der Waals surface area (Å²) in [6, 6.07) is 13.8. The van der Waals surface area contributed by atoms with E-state index in [0.717, 1.165) is 60.8 Å². The summed E-state index contributed by atoms with van der Waals surface area (Å²) in [4.78, 5) is 24.7. The molecule has 8 heteroatoms. The van der Waals surface area contributed by atoms with Gasteiger partial charge in [0.15, 0.2) is 0 Å². The molecule has 0 radical (unpaired) electrons. The molecular weight excluding hydrogens is 489 g/mol. The van der Waals surface area contributed by atoms with E-state index >= 15 is 0 Å². The molecule has 1 fully saturated rings. The van der Waals surface area contributed by atoms with E-state index in [1.165, 1.54) is 4.90 Å². The number of benzene rings is 2. The molecule has 3 aromatic rings. The summed E-state index contributed by atoms with van der Waals surface area (Å²) in [5.74, 6) is 0.522. The summed E-state index contributed by atoms with van der Waals surface area (Å²) in [5, 5.41) is 0. The maximum absolute atomic E-state index is 13.9. The van der Waals surface area contributed by atoms with Crippen LogP contribution in [0.3, 0.4) is 0 Å². The largest absolute Gasteiger partial charge is 0.416 e. The predicted molar refractivity (Wildman–Crippen MR) is 147 cm³/mol. The second kappa shape index (κ2) is 10.4. The first-order valence-electron chi connectivity index (χ1n) is 12.8. The standard InChI is InChI=1S/C30H35F3N4O/c1-20-15-22(17-23(16-20)30(31,32)33)29(3,4)28(38)36(6)26-19-34-27(37-13-11-35(5)12-14-37)18-25(26)24-10-8-7-9-21(24)2/h7-10,15-19H,11-14H2,1-6H3. The minimum Gasteiger partial charge on any atom is -0.354 e. The van der Waals surface area contributed by atoms with Crippen LogP contribution in [-0.4, -0.2) is 56.1 Å². The average molecular weight is 525 g/mol. The Bertz CT molecular complexity index is 1330. The van der Waals surface area contributed by atoms with Crippen LogP contribution in [0.25, 0.3) is 11.1 Å². The molecule has 2 aromatic carbocycles. The first-order valence-corrected chi connectivity index (χ1v) is 12.8. The van der Waals surface area contributed by atoms with E-state index in [1.54, 1.807) is 40.1 Å². The number of likely N-dealkylation sites (N-methyl/N-ethyl adjacent to an activating group) is 2. The lowest BCUT2D eigenvalue weighted by atomic mass is 9.81. The second-order valence-corrected chi connectivity index (χ2v) is 10.7. The molecule has 0 spiro atoms. The third kappa shape index (κ3) is 5.55. The summed E-state index contributed by atoms with van der Waals surface area (Å²) in [7, 11) is 3.76. The van der Waals surface area contributed by atoms with Crippen molar-refractivity contribution in [2.24, 2.45) is 0 Å². The normalized spacial score (nSPS) is 15.0. The fraction of sp³-hybridized carbons (Fsp3) is 0.400. The molecule has 1 aliphatic heterocycles. The average Bonchev–Trinajstić information content (AvgIpc) is 2.87. The van der Waals surface area contributed by atoms with Crippen molar-refractivity contribution in [1.82, 2.24) is 9.88 Å². The molecule has 0 bridgehead atoms. The smallest absolute Gasteiger partial charge is 0.354 e. The maximum atomic E-state index is 13.9. The summed E-state index contributed by atoms with van der Waals surface area (Å²) in [6.45, 7) is 10.5. The Morgan fingerprint density at radius 1 is 0.921 bits per heavy atom. The quantitative estimate of drug-likeness (QED) is 0.406. The van der Waals surface area contributed by atoms with Gasteiger partial charge in [-0.1, -0.05) is 35.9 Å². The van der Waals surface area contributed by atoms with Gasteiger partial charge < -0.3 is 14.7 Å². The number of carbonyl (C=O) groups is 1. The Labute approximate surface area is 222 Å². The summed E-state index contributed by atoms with van der Waals surface area (Å²) in [5.41, 5.74) is 2.32. The highest BCUT2D eigenvalue weighted by atomic mass is 19.4. The van der Waals surface area contributed by atoms with Crippen LogP contribution in [0.15, 0.2) is 54.7 Å². The van der Waals surface area contributed by atoms with Crippen molar-refractivity contribution in [2.75, 3.05) is 50.1 Å². The number of alkyl halides is 3. The number of pyridine rings is 1. The number of piperazine rings is 1. The molecule has 0 saturated carbocycles. The molecule has 0 unspecified atom stereocenters. The molecule has 38 heavy (non-hydrogen) atoms. The number of nitrogens with zero attached hydrogens (tertiary/aromatic N) is 4. The van der Waals surface area contributed by atoms with Crippen LogP contribution in [0, 0.1) is 13.8 Å². The Morgan fingerprint density at radius 3 is 2.18 bits per heavy atom. The van der Waals surface area contributed by atoms with Crippen LogP contribution in [0.2, 0.25) is 0 Å². The third-order valence-electron chi connectivity index (χ3n) is 7.46. The molecule has 202 valence electrons. The van der Waals surface area contributed by atoms with Crippen LogP contribution < -0.4 is 9.80 Å². The molecule has 0 N–H and O–H groups in total. The SMILES string of the molecule is Cc1cc(C(F)(F)F)cc(C(C)(C)C(=O)N(C)c2cnc(N3CCN(C)CC3)cc2-c2ccccc2C)c1. The van der Waals surface area contributed by atoms with Crippen molar-refractivity contribution in [2.45, 2.75) is 39.3 Å². The monoisotopic (exact) mass is 524 g/mol. The Morgan fingerprint density at radius 2 is 1.55 bits per heavy atom. The molecule has 1 aliphatic rings. The van der Waals surface area contributed by atoms with E-state index in [-0.39, 0.29) is 5.91 Å². The number of carbonyl (C=O) groups excluding carboxylic acids is 1. The summed E-state index contributed by atoms with van der Waals surface area (Å²) < 4.78 is 40.6. The van der Waals surface area contributed by atoms with Gasteiger partial charge >= 0.3 is 6.18 Å². The maximum Gasteiger partial charge on any atom is 0.416 e. The zero-order valence-corrected chi connectivity index (χ0v) is 22.9. The number of amides is 1. The molecule has 1 aromatic heterocycles. The molecule has 0 atom stereocenters. The van der Waals surface area contributed by atoms with E-state index in [1.807, 2.05) is 37.3 Å². The topological polar surface area (TPSA) is 39.7 Å². The molecule has 2 heterocycles. The summed E-state index contributed by atoms with van der Waals surface area (Å²) in [6.07, 6.45) is -2.78. The van der Waals surface area contributed by atoms with E-state index in [9.17, 15) is 18.0 Å². The van der Waals surface area contributed by atoms with Crippen molar-refractivity contribution in [3.8, 4) is 11.1 Å². The Hall–Kier alpha value is -3.39. The van der Waals surface area contributed by atoms with E-state index in [0.29, 0.717) is 16.8 Å². The van der Waals surface area contributed by atoms with Gasteiger partial charge in [0.25, 0.3) is 0 Å². The van der Waals surface area contributed by atoms with Gasteiger partial charge in [-0.3, -0.25) is 4.79 Å². The molecule has 4 rings (SSSR count). The van der Waals surface area contributed by atoms with Gasteiger partial charge in [0.1, 0.15) is 5.82 Å². The van der Waals surface area contributed by atoms with Gasteiger partial charge in [-0.25, -0.2) is 4.98 Å². The number of aryl methyl sites for hydroxylation is 2. The van der Waals surface area contributed by atoms with E-state index in [2.05, 4.69) is 16.8 Å². The van der Waals surface area contributed by atoms with Crippen molar-refractivity contribution in [3.05, 3.63) is 77.0 Å². The van der Waals surface area contributed by atoms with Gasteiger partial charge in [-0.05, 0) is 69.6 Å². The fourth-order valence-corrected chi connectivity index (χ4v) is 4.96. The van der Waals surface area contributed by atoms with Gasteiger partial charge in [-0.15, -0.1) is 0 Å². The van der Waals surface area contributed by atoms with Gasteiger partial charge in [0.2, 0.25) is 5.91 Å². The second-order valence-electron chi connectivity index (χ2n) is 10.7. The number of hydrogen-bond acceptors (Lipinski definition) is 4. The van der Waals surface area contributed by atoms with Gasteiger partial charge in [0, 0.05) is 38.8 Å². The molecule has 1 amide bonds. The highest BCUT2D eigenvalue weighted by molar-refractivity contribution is 6.03. The fourth-order valence-electron chi connectivity index (χ4n) is 4.96. The zero-order valence-electron chi connectivity index (χ0n) is 22.9. The highest BCUT2D eigenvalue weighted by Gasteiger charge is 2.37. The number of halogens is 3. The van der Waals surface area contributed by atoms with Crippen LogP contribution in [0.5, 0.6) is 0 Å². The van der Waals surface area contributed by atoms with Gasteiger partial charge in [0.05, 0.1) is 22.9 Å². The first kappa shape index (κ1) is 27.6. The van der Waals surface area contributed by atoms with E-state index < -0.39 is 17.2 Å². The van der Waals surface area contributed by atoms with Crippen molar-refractivity contribution in [1.29, 1.82) is 0 Å². The van der Waals surface area contributed by atoms with Crippen molar-refractivity contribution >= 4 is 17.4 Å². The van der Waals surface area contributed by atoms with Crippen LogP contribution in [0.4, 0.5) is 24.7 Å². The lowest BCUT2D eigenvalue weighted by Crippen LogP contribution is -2.45. The van der Waals surface area contributed by atoms with Crippen LogP contribution >= 0.6 is 0 Å². The number of aromatic nitrogens is 1. The minimum atomic E-state index is -4.49. The zero-order chi connectivity index (χ0) is 27.8. The summed E-state index contributed by atoms with van der Waals surface area (Å²) >= 11 is 0. The molecule has 0 aliphatic carbocycles. The highest BCUT2D eigenvalue weighted by Crippen LogP contribution is 2.38. The molecule has 1 saturated heterocycles. The van der Waals surface area contributed by atoms with E-state index in [4.69, 9.17) is 4.98 Å². The Kier molecular flexibility index (Phi) is 7.57. The Balaban J connectivity index is 1.76.